The van der Waals surface area contributed by atoms with Crippen LogP contribution in [0.1, 0.15) is 15.9 Å². The van der Waals surface area contributed by atoms with Crippen LogP contribution in [0, 0.1) is 17.2 Å². The van der Waals surface area contributed by atoms with E-state index in [1.807, 2.05) is 36.5 Å². The van der Waals surface area contributed by atoms with Crippen molar-refractivity contribution in [1.82, 2.24) is 29.4 Å². The lowest BCUT2D eigenvalue weighted by atomic mass is 10.0. The van der Waals surface area contributed by atoms with E-state index in [0.29, 0.717) is 35.8 Å². The predicted octanol–water partition coefficient (Wildman–Crippen LogP) is 1.38. The van der Waals surface area contributed by atoms with Crippen molar-refractivity contribution in [3.63, 3.8) is 0 Å². The first-order valence-corrected chi connectivity index (χ1v) is 10.6. The Kier molecular flexibility index (Phi) is 5.29. The molecular formula is C22H21FN10O. The molecule has 0 bridgehead atoms. The number of primary amides is 1. The fraction of sp³-hybridized carbons (Fsp3) is 0.273. The van der Waals surface area contributed by atoms with Gasteiger partial charge in [0.2, 0.25) is 5.95 Å². The maximum Gasteiger partial charge on any atom is 0.252 e. The van der Waals surface area contributed by atoms with E-state index in [1.54, 1.807) is 15.4 Å². The lowest BCUT2D eigenvalue weighted by Crippen LogP contribution is -2.31. The van der Waals surface area contributed by atoms with Crippen LogP contribution in [0.5, 0.6) is 0 Å². The Labute approximate surface area is 193 Å². The van der Waals surface area contributed by atoms with Gasteiger partial charge in [0.25, 0.3) is 5.91 Å². The Bertz CT molecular complexity index is 1400. The van der Waals surface area contributed by atoms with E-state index < -0.39 is 12.6 Å². The predicted molar refractivity (Wildman–Crippen MR) is 122 cm³/mol. The fourth-order valence-electron chi connectivity index (χ4n) is 4.21. The molecule has 3 N–H and O–H groups in total. The van der Waals surface area contributed by atoms with Crippen LogP contribution >= 0.6 is 0 Å². The number of fused-ring (bicyclic) bond motifs is 1. The van der Waals surface area contributed by atoms with Crippen molar-refractivity contribution in [3.8, 4) is 17.2 Å². The highest BCUT2D eigenvalue weighted by Gasteiger charge is 2.35. The number of aromatic nitrogens is 6. The standard InChI is InChI=1S/C22H21FN10O/c1-31-9-16(7-28-31)14-2-19-20(17(21(25)34)8-29-33(19)11-14)30-18-12-32(10-15(18)3-23)22-26-5-13(4-24)6-27-22/h2,5-9,11,15,18,30H,3,10,12H2,1H3,(H2,25,34)/t15-,18+/m0/s1. The highest BCUT2D eigenvalue weighted by molar-refractivity contribution is 6.02. The average molecular weight is 460 g/mol. The van der Waals surface area contributed by atoms with E-state index >= 15 is 0 Å². The molecule has 1 aliphatic rings. The summed E-state index contributed by atoms with van der Waals surface area (Å²) in [5.41, 5.74) is 9.10. The Balaban J connectivity index is 1.49. The summed E-state index contributed by atoms with van der Waals surface area (Å²) in [5, 5.41) is 20.8. The molecule has 0 radical (unpaired) electrons. The number of amides is 1. The van der Waals surface area contributed by atoms with Crippen molar-refractivity contribution in [3.05, 3.63) is 54.4 Å². The van der Waals surface area contributed by atoms with Gasteiger partial charge in [0.05, 0.1) is 59.8 Å². The van der Waals surface area contributed by atoms with Crippen LogP contribution in [-0.4, -0.2) is 61.1 Å². The van der Waals surface area contributed by atoms with Crippen molar-refractivity contribution >= 4 is 23.1 Å². The summed E-state index contributed by atoms with van der Waals surface area (Å²) in [5.74, 6) is -0.594. The van der Waals surface area contributed by atoms with Gasteiger partial charge in [0, 0.05) is 49.6 Å². The Morgan fingerprint density at radius 1 is 1.21 bits per heavy atom. The number of alkyl halides is 1. The van der Waals surface area contributed by atoms with Crippen LogP contribution in [0.15, 0.2) is 43.2 Å². The number of nitrogens with zero attached hydrogens (tertiary/aromatic N) is 8. The molecule has 2 atom stereocenters. The molecule has 1 amide bonds. The smallest absolute Gasteiger partial charge is 0.252 e. The molecule has 11 nitrogen and oxygen atoms in total. The molecule has 5 heterocycles. The van der Waals surface area contributed by atoms with Gasteiger partial charge in [0.15, 0.2) is 0 Å². The first-order valence-electron chi connectivity index (χ1n) is 10.6. The second-order valence-corrected chi connectivity index (χ2v) is 8.21. The van der Waals surface area contributed by atoms with E-state index in [2.05, 4.69) is 25.5 Å². The molecule has 4 aromatic heterocycles. The molecule has 1 fully saturated rings. The molecular weight excluding hydrogens is 439 g/mol. The third kappa shape index (κ3) is 3.77. The number of nitriles is 1. The van der Waals surface area contributed by atoms with Crippen LogP contribution in [-0.2, 0) is 7.05 Å². The monoisotopic (exact) mass is 460 g/mol. The van der Waals surface area contributed by atoms with Gasteiger partial charge in [-0.05, 0) is 6.07 Å². The number of hydrogen-bond donors (Lipinski definition) is 2. The van der Waals surface area contributed by atoms with Crippen LogP contribution in [0.25, 0.3) is 16.6 Å². The number of carbonyl (C=O) groups is 1. The minimum Gasteiger partial charge on any atom is -0.378 e. The maximum absolute atomic E-state index is 14.0. The number of hydrogen-bond acceptors (Lipinski definition) is 8. The van der Waals surface area contributed by atoms with Crippen LogP contribution in [0.4, 0.5) is 16.0 Å². The number of anilines is 2. The van der Waals surface area contributed by atoms with Gasteiger partial charge in [-0.25, -0.2) is 14.5 Å². The Morgan fingerprint density at radius 3 is 2.65 bits per heavy atom. The molecule has 0 aromatic carbocycles. The van der Waals surface area contributed by atoms with E-state index in [-0.39, 0.29) is 17.5 Å². The van der Waals surface area contributed by atoms with Gasteiger partial charge in [0.1, 0.15) is 6.07 Å². The summed E-state index contributed by atoms with van der Waals surface area (Å²) < 4.78 is 17.3. The Morgan fingerprint density at radius 2 is 2.00 bits per heavy atom. The SMILES string of the molecule is Cn1cc(-c2cc3c(N[C@@H]4CN(c5ncc(C#N)cn5)C[C@@H]4CF)c(C(N)=O)cnn3c2)cn1. The molecule has 4 aromatic rings. The summed E-state index contributed by atoms with van der Waals surface area (Å²) in [7, 11) is 1.83. The number of carbonyl (C=O) groups excluding carboxylic acids is 1. The van der Waals surface area contributed by atoms with Gasteiger partial charge in [-0.2, -0.15) is 15.5 Å². The molecule has 1 saturated heterocycles. The average Bonchev–Trinajstić information content (AvgIpc) is 3.57. The molecule has 0 unspecified atom stereocenters. The van der Waals surface area contributed by atoms with Crippen molar-refractivity contribution in [1.29, 1.82) is 5.26 Å². The minimum atomic E-state index is -0.635. The zero-order valence-corrected chi connectivity index (χ0v) is 18.3. The topological polar surface area (TPSA) is 143 Å². The quantitative estimate of drug-likeness (QED) is 0.439. The molecule has 34 heavy (non-hydrogen) atoms. The zero-order valence-electron chi connectivity index (χ0n) is 18.3. The van der Waals surface area contributed by atoms with Crippen LogP contribution in [0.3, 0.4) is 0 Å². The number of nitrogens with two attached hydrogens (primary N) is 1. The van der Waals surface area contributed by atoms with Gasteiger partial charge in [-0.15, -0.1) is 0 Å². The third-order valence-corrected chi connectivity index (χ3v) is 5.96. The normalized spacial score (nSPS) is 17.7. The molecule has 172 valence electrons. The van der Waals surface area contributed by atoms with E-state index in [9.17, 15) is 9.18 Å². The van der Waals surface area contributed by atoms with Crippen molar-refractivity contribution in [2.24, 2.45) is 18.7 Å². The summed E-state index contributed by atoms with van der Waals surface area (Å²) in [6, 6.07) is 3.53. The van der Waals surface area contributed by atoms with E-state index in [0.717, 1.165) is 11.1 Å². The lowest BCUT2D eigenvalue weighted by Gasteiger charge is -2.21. The van der Waals surface area contributed by atoms with Gasteiger partial charge in [-0.3, -0.25) is 13.9 Å². The van der Waals surface area contributed by atoms with Crippen LogP contribution in [0.2, 0.25) is 0 Å². The van der Waals surface area contributed by atoms with Crippen molar-refractivity contribution in [2.45, 2.75) is 6.04 Å². The zero-order chi connectivity index (χ0) is 23.8. The van der Waals surface area contributed by atoms with Crippen molar-refractivity contribution in [2.75, 3.05) is 30.0 Å². The summed E-state index contributed by atoms with van der Waals surface area (Å²) in [6.45, 7) is 0.221. The van der Waals surface area contributed by atoms with Gasteiger partial charge in [-0.1, -0.05) is 0 Å². The summed E-state index contributed by atoms with van der Waals surface area (Å²) in [6.07, 6.45) is 9.73. The molecule has 1 aliphatic heterocycles. The molecule has 0 spiro atoms. The largest absolute Gasteiger partial charge is 0.378 e. The Hall–Kier alpha value is -4.53. The number of nitrogens with one attached hydrogen (secondary N) is 1. The van der Waals surface area contributed by atoms with Crippen LogP contribution < -0.4 is 16.0 Å². The van der Waals surface area contributed by atoms with Gasteiger partial charge >= 0.3 is 0 Å². The minimum absolute atomic E-state index is 0.217. The van der Waals surface area contributed by atoms with E-state index in [4.69, 9.17) is 11.0 Å². The van der Waals surface area contributed by atoms with Crippen molar-refractivity contribution < 1.29 is 9.18 Å². The number of aryl methyl sites for hydroxylation is 1. The third-order valence-electron chi connectivity index (χ3n) is 5.96. The summed E-state index contributed by atoms with van der Waals surface area (Å²) in [4.78, 5) is 22.5. The molecule has 12 heteroatoms. The molecule has 0 aliphatic carbocycles. The lowest BCUT2D eigenvalue weighted by molar-refractivity contribution is 0.100. The fourth-order valence-corrected chi connectivity index (χ4v) is 4.21. The van der Waals surface area contributed by atoms with E-state index in [1.165, 1.54) is 18.6 Å². The second-order valence-electron chi connectivity index (χ2n) is 8.21. The molecule has 0 saturated carbocycles. The maximum atomic E-state index is 14.0. The number of rotatable bonds is 6. The van der Waals surface area contributed by atoms with Gasteiger partial charge < -0.3 is 16.0 Å². The summed E-state index contributed by atoms with van der Waals surface area (Å²) >= 11 is 0. The first kappa shape index (κ1) is 21.3. The highest BCUT2D eigenvalue weighted by Crippen LogP contribution is 2.31. The first-order chi connectivity index (χ1) is 16.5. The number of halogens is 1. The molecule has 5 rings (SSSR count). The second kappa shape index (κ2) is 8.43. The highest BCUT2D eigenvalue weighted by atomic mass is 19.1.